The van der Waals surface area contributed by atoms with Gasteiger partial charge in [-0.15, -0.1) is 0 Å². The van der Waals surface area contributed by atoms with E-state index in [0.717, 1.165) is 28.7 Å². The van der Waals surface area contributed by atoms with Crippen molar-refractivity contribution in [3.05, 3.63) is 34.9 Å². The van der Waals surface area contributed by atoms with Crippen LogP contribution in [0.3, 0.4) is 0 Å². The Kier molecular flexibility index (Phi) is 6.34. The average molecular weight is 371 g/mol. The Bertz CT molecular complexity index is 327. The number of hydrogen-bond acceptors (Lipinski definition) is 1. The third kappa shape index (κ3) is 3.22. The first-order valence-corrected chi connectivity index (χ1v) is 7.68. The number of ether oxygens (including phenoxy) is 1. The Morgan fingerprint density at radius 2 is 1.88 bits per heavy atom. The zero-order valence-corrected chi connectivity index (χ0v) is 13.1. The second-order valence-electron chi connectivity index (χ2n) is 3.77. The van der Waals surface area contributed by atoms with Crippen molar-refractivity contribution in [1.29, 1.82) is 0 Å². The lowest BCUT2D eigenvalue weighted by molar-refractivity contribution is 0.177. The Labute approximate surface area is 119 Å². The predicted molar refractivity (Wildman–Crippen MR) is 77.2 cm³/mol. The number of hydrogen-bond donors (Lipinski definition) is 0. The second-order valence-corrected chi connectivity index (χ2v) is 5.30. The predicted octanol–water partition coefficient (Wildman–Crippen LogP) is 4.40. The molecule has 0 radical (unpaired) electrons. The van der Waals surface area contributed by atoms with E-state index in [0.29, 0.717) is 0 Å². The van der Waals surface area contributed by atoms with Crippen LogP contribution in [0.1, 0.15) is 12.0 Å². The van der Waals surface area contributed by atoms with Crippen LogP contribution in [0.25, 0.3) is 0 Å². The molecule has 0 bridgehead atoms. The molecule has 0 unspecified atom stereocenters. The van der Waals surface area contributed by atoms with E-state index in [-0.39, 0.29) is 5.41 Å². The average Bonchev–Trinajstić information content (AvgIpc) is 2.33. The summed E-state index contributed by atoms with van der Waals surface area (Å²) in [5.74, 6) is 0. The van der Waals surface area contributed by atoms with Crippen LogP contribution in [0.5, 0.6) is 0 Å². The molecule has 16 heavy (non-hydrogen) atoms. The molecule has 0 heterocycles. The molecule has 0 aliphatic carbocycles. The fraction of sp³-hybridized carbons (Fsp3) is 0.500. The summed E-state index contributed by atoms with van der Waals surface area (Å²) >= 11 is 13.4. The summed E-state index contributed by atoms with van der Waals surface area (Å²) in [6, 6.07) is 7.99. The molecule has 0 aliphatic heterocycles. The topological polar surface area (TPSA) is 9.23 Å². The van der Waals surface area contributed by atoms with E-state index in [9.17, 15) is 0 Å². The third-order valence-electron chi connectivity index (χ3n) is 2.74. The van der Waals surface area contributed by atoms with Gasteiger partial charge in [0.25, 0.3) is 0 Å². The van der Waals surface area contributed by atoms with Crippen molar-refractivity contribution in [2.45, 2.75) is 11.8 Å². The summed E-state index contributed by atoms with van der Waals surface area (Å²) in [5, 5.41) is 2.54. The molecule has 0 aromatic heterocycles. The van der Waals surface area contributed by atoms with Gasteiger partial charge >= 0.3 is 0 Å². The van der Waals surface area contributed by atoms with Gasteiger partial charge in [0.1, 0.15) is 0 Å². The smallest absolute Gasteiger partial charge is 0.0471 e. The molecule has 0 aliphatic rings. The van der Waals surface area contributed by atoms with Crippen LogP contribution < -0.4 is 0 Å². The van der Waals surface area contributed by atoms with Crippen molar-refractivity contribution in [1.82, 2.24) is 0 Å². The fourth-order valence-corrected chi connectivity index (χ4v) is 4.07. The highest BCUT2D eigenvalue weighted by Gasteiger charge is 2.31. The molecule has 90 valence electrons. The Hall–Kier alpha value is 0.430. The maximum absolute atomic E-state index is 6.26. The Morgan fingerprint density at radius 1 is 1.25 bits per heavy atom. The van der Waals surface area contributed by atoms with Crippen molar-refractivity contribution in [2.24, 2.45) is 0 Å². The molecule has 0 N–H and O–H groups in total. The minimum absolute atomic E-state index is 0.00560. The maximum Gasteiger partial charge on any atom is 0.0471 e. The van der Waals surface area contributed by atoms with Crippen molar-refractivity contribution in [3.63, 3.8) is 0 Å². The molecule has 0 amide bonds. The molecular formula is C12H15Br2ClO. The Balaban J connectivity index is 3.05. The molecule has 1 nitrogen and oxygen atoms in total. The van der Waals surface area contributed by atoms with Gasteiger partial charge < -0.3 is 4.74 Å². The quantitative estimate of drug-likeness (QED) is 0.674. The van der Waals surface area contributed by atoms with E-state index in [1.54, 1.807) is 7.11 Å². The summed E-state index contributed by atoms with van der Waals surface area (Å²) in [5.41, 5.74) is 1.16. The monoisotopic (exact) mass is 368 g/mol. The van der Waals surface area contributed by atoms with Crippen LogP contribution in [-0.4, -0.2) is 24.4 Å². The number of methoxy groups -OCH3 is 1. The number of halogens is 3. The van der Waals surface area contributed by atoms with Gasteiger partial charge in [0.2, 0.25) is 0 Å². The van der Waals surface area contributed by atoms with Crippen LogP contribution in [0.15, 0.2) is 24.3 Å². The van der Waals surface area contributed by atoms with Gasteiger partial charge in [-0.3, -0.25) is 0 Å². The van der Waals surface area contributed by atoms with Crippen molar-refractivity contribution in [2.75, 3.05) is 24.4 Å². The van der Waals surface area contributed by atoms with Crippen molar-refractivity contribution in [3.8, 4) is 0 Å². The molecule has 0 saturated heterocycles. The first kappa shape index (κ1) is 14.5. The summed E-state index contributed by atoms with van der Waals surface area (Å²) in [6.45, 7) is 0.725. The zero-order chi connectivity index (χ0) is 12.0. The molecule has 0 spiro atoms. The van der Waals surface area contributed by atoms with Gasteiger partial charge in [0.05, 0.1) is 0 Å². The van der Waals surface area contributed by atoms with E-state index >= 15 is 0 Å². The molecule has 0 atom stereocenters. The number of benzene rings is 1. The Morgan fingerprint density at radius 3 is 2.38 bits per heavy atom. The minimum atomic E-state index is -0.00560. The highest BCUT2D eigenvalue weighted by Crippen LogP contribution is 2.36. The highest BCUT2D eigenvalue weighted by molar-refractivity contribution is 9.09. The molecule has 0 saturated carbocycles. The summed E-state index contributed by atoms with van der Waals surface area (Å²) in [4.78, 5) is 0. The number of rotatable bonds is 6. The molecule has 1 rings (SSSR count). The van der Waals surface area contributed by atoms with Gasteiger partial charge in [-0.05, 0) is 18.1 Å². The zero-order valence-electron chi connectivity index (χ0n) is 9.18. The SMILES string of the molecule is COCCC(CBr)(CBr)c1ccccc1Cl. The lowest BCUT2D eigenvalue weighted by Gasteiger charge is -2.31. The number of alkyl halides is 2. The second kappa shape index (κ2) is 7.00. The lowest BCUT2D eigenvalue weighted by atomic mass is 9.81. The van der Waals surface area contributed by atoms with E-state index in [4.69, 9.17) is 16.3 Å². The maximum atomic E-state index is 6.26. The fourth-order valence-electron chi connectivity index (χ4n) is 1.64. The lowest BCUT2D eigenvalue weighted by Crippen LogP contribution is -2.32. The third-order valence-corrected chi connectivity index (χ3v) is 5.22. The van der Waals surface area contributed by atoms with Crippen LogP contribution in [-0.2, 0) is 10.2 Å². The van der Waals surface area contributed by atoms with Crippen LogP contribution in [0, 0.1) is 0 Å². The largest absolute Gasteiger partial charge is 0.385 e. The standard InChI is InChI=1S/C12H15Br2ClO/c1-16-7-6-12(8-13,9-14)10-4-2-3-5-11(10)15/h2-5H,6-9H2,1H3. The summed E-state index contributed by atoms with van der Waals surface area (Å²) < 4.78 is 5.18. The molecule has 1 aromatic rings. The summed E-state index contributed by atoms with van der Waals surface area (Å²) in [6.07, 6.45) is 0.934. The first-order chi connectivity index (χ1) is 7.70. The normalized spacial score (nSPS) is 11.8. The van der Waals surface area contributed by atoms with Gasteiger partial charge in [0.15, 0.2) is 0 Å². The van der Waals surface area contributed by atoms with Crippen molar-refractivity contribution < 1.29 is 4.74 Å². The van der Waals surface area contributed by atoms with Gasteiger partial charge in [-0.1, -0.05) is 61.7 Å². The van der Waals surface area contributed by atoms with E-state index in [2.05, 4.69) is 37.9 Å². The first-order valence-electron chi connectivity index (χ1n) is 5.06. The molecule has 0 fully saturated rings. The van der Waals surface area contributed by atoms with Gasteiger partial charge in [-0.2, -0.15) is 0 Å². The van der Waals surface area contributed by atoms with E-state index in [1.165, 1.54) is 5.56 Å². The molecular weight excluding hydrogens is 355 g/mol. The van der Waals surface area contributed by atoms with E-state index in [1.807, 2.05) is 18.2 Å². The molecule has 4 heteroatoms. The minimum Gasteiger partial charge on any atom is -0.385 e. The van der Waals surface area contributed by atoms with Gasteiger partial charge in [-0.25, -0.2) is 0 Å². The molecule has 1 aromatic carbocycles. The van der Waals surface area contributed by atoms with Crippen LogP contribution >= 0.6 is 43.5 Å². The highest BCUT2D eigenvalue weighted by atomic mass is 79.9. The van der Waals surface area contributed by atoms with Crippen molar-refractivity contribution >= 4 is 43.5 Å². The van der Waals surface area contributed by atoms with E-state index < -0.39 is 0 Å². The van der Waals surface area contributed by atoms with Gasteiger partial charge in [0, 0.05) is 34.8 Å². The summed E-state index contributed by atoms with van der Waals surface area (Å²) in [7, 11) is 1.72. The van der Waals surface area contributed by atoms with Crippen LogP contribution in [0.2, 0.25) is 5.02 Å². The van der Waals surface area contributed by atoms with Crippen LogP contribution in [0.4, 0.5) is 0 Å².